The molecular formula is C15H22BrN. The lowest BCUT2D eigenvalue weighted by Crippen LogP contribution is -2.21. The molecule has 0 radical (unpaired) electrons. The lowest BCUT2D eigenvalue weighted by molar-refractivity contribution is 0.381. The van der Waals surface area contributed by atoms with Gasteiger partial charge in [-0.15, -0.1) is 0 Å². The zero-order chi connectivity index (χ0) is 12.3. The molecule has 94 valence electrons. The van der Waals surface area contributed by atoms with Gasteiger partial charge in [0.2, 0.25) is 0 Å². The molecule has 1 saturated carbocycles. The first kappa shape index (κ1) is 13.1. The summed E-state index contributed by atoms with van der Waals surface area (Å²) in [5.41, 5.74) is 9.07. The first-order valence-corrected chi connectivity index (χ1v) is 7.49. The summed E-state index contributed by atoms with van der Waals surface area (Å²) in [6, 6.07) is 6.69. The third-order valence-electron chi connectivity index (χ3n) is 3.92. The van der Waals surface area contributed by atoms with Gasteiger partial charge in [0.25, 0.3) is 0 Å². The summed E-state index contributed by atoms with van der Waals surface area (Å²) in [6.07, 6.45) is 8.06. The Morgan fingerprint density at radius 3 is 2.47 bits per heavy atom. The van der Waals surface area contributed by atoms with E-state index in [1.165, 1.54) is 54.1 Å². The monoisotopic (exact) mass is 295 g/mol. The highest BCUT2D eigenvalue weighted by atomic mass is 79.9. The quantitative estimate of drug-likeness (QED) is 0.785. The van der Waals surface area contributed by atoms with Gasteiger partial charge in [-0.25, -0.2) is 0 Å². The molecule has 1 aromatic rings. The largest absolute Gasteiger partial charge is 0.324 e. The van der Waals surface area contributed by atoms with E-state index in [0.717, 1.165) is 0 Å². The molecule has 1 atom stereocenters. The van der Waals surface area contributed by atoms with Gasteiger partial charge in [-0.3, -0.25) is 0 Å². The maximum atomic E-state index is 6.48. The van der Waals surface area contributed by atoms with Crippen molar-refractivity contribution >= 4 is 15.9 Å². The van der Waals surface area contributed by atoms with Gasteiger partial charge in [0, 0.05) is 10.5 Å². The number of aryl methyl sites for hydroxylation is 1. The van der Waals surface area contributed by atoms with Crippen molar-refractivity contribution < 1.29 is 0 Å². The van der Waals surface area contributed by atoms with Gasteiger partial charge < -0.3 is 5.73 Å². The van der Waals surface area contributed by atoms with Crippen molar-refractivity contribution in [2.45, 2.75) is 51.5 Å². The maximum Gasteiger partial charge on any atom is 0.0334 e. The third-order valence-corrected chi connectivity index (χ3v) is 4.64. The van der Waals surface area contributed by atoms with E-state index in [4.69, 9.17) is 5.73 Å². The van der Waals surface area contributed by atoms with E-state index in [9.17, 15) is 0 Å². The van der Waals surface area contributed by atoms with Crippen LogP contribution in [0, 0.1) is 12.8 Å². The van der Waals surface area contributed by atoms with Crippen LogP contribution in [-0.2, 0) is 0 Å². The zero-order valence-corrected chi connectivity index (χ0v) is 12.2. The minimum absolute atomic E-state index is 0.197. The second-order valence-electron chi connectivity index (χ2n) is 5.30. The molecule has 1 fully saturated rings. The Balaban J connectivity index is 2.16. The average molecular weight is 296 g/mol. The first-order chi connectivity index (χ1) is 8.18. The fourth-order valence-corrected chi connectivity index (χ4v) is 3.35. The number of benzene rings is 1. The van der Waals surface area contributed by atoms with E-state index >= 15 is 0 Å². The average Bonchev–Trinajstić information content (AvgIpc) is 2.60. The summed E-state index contributed by atoms with van der Waals surface area (Å²) >= 11 is 3.64. The Kier molecular flexibility index (Phi) is 4.63. The summed E-state index contributed by atoms with van der Waals surface area (Å²) < 4.78 is 1.17. The summed E-state index contributed by atoms with van der Waals surface area (Å²) in [5.74, 6) is 0.663. The summed E-state index contributed by atoms with van der Waals surface area (Å²) in [4.78, 5) is 0. The van der Waals surface area contributed by atoms with E-state index in [2.05, 4.69) is 41.1 Å². The van der Waals surface area contributed by atoms with Crippen LogP contribution in [0.15, 0.2) is 22.7 Å². The van der Waals surface area contributed by atoms with Crippen molar-refractivity contribution in [1.82, 2.24) is 0 Å². The van der Waals surface area contributed by atoms with Crippen molar-refractivity contribution in [2.75, 3.05) is 0 Å². The Labute approximate surface area is 113 Å². The van der Waals surface area contributed by atoms with Crippen LogP contribution in [0.5, 0.6) is 0 Å². The van der Waals surface area contributed by atoms with Crippen molar-refractivity contribution in [2.24, 2.45) is 11.7 Å². The SMILES string of the molecule is Cc1ccc(Br)c(C(N)C2CCCCCC2)c1. The van der Waals surface area contributed by atoms with E-state index in [1.54, 1.807) is 0 Å². The second kappa shape index (κ2) is 6.01. The smallest absolute Gasteiger partial charge is 0.0334 e. The predicted octanol–water partition coefficient (Wildman–Crippen LogP) is 4.73. The zero-order valence-electron chi connectivity index (χ0n) is 10.6. The fourth-order valence-electron chi connectivity index (χ4n) is 2.84. The molecule has 1 unspecified atom stereocenters. The first-order valence-electron chi connectivity index (χ1n) is 6.70. The molecule has 1 aromatic carbocycles. The molecule has 0 aromatic heterocycles. The molecule has 0 saturated heterocycles. The molecule has 1 aliphatic carbocycles. The van der Waals surface area contributed by atoms with Gasteiger partial charge >= 0.3 is 0 Å². The van der Waals surface area contributed by atoms with Gasteiger partial charge in [0.1, 0.15) is 0 Å². The Hall–Kier alpha value is -0.340. The van der Waals surface area contributed by atoms with Crippen molar-refractivity contribution in [3.8, 4) is 0 Å². The minimum atomic E-state index is 0.197. The van der Waals surface area contributed by atoms with Gasteiger partial charge in [0.05, 0.1) is 0 Å². The van der Waals surface area contributed by atoms with Crippen LogP contribution >= 0.6 is 15.9 Å². The lowest BCUT2D eigenvalue weighted by Gasteiger charge is -2.24. The van der Waals surface area contributed by atoms with Crippen LogP contribution in [-0.4, -0.2) is 0 Å². The molecule has 0 aliphatic heterocycles. The summed E-state index contributed by atoms with van der Waals surface area (Å²) in [6.45, 7) is 2.13. The highest BCUT2D eigenvalue weighted by molar-refractivity contribution is 9.10. The molecule has 0 heterocycles. The number of hydrogen-bond acceptors (Lipinski definition) is 1. The standard InChI is InChI=1S/C15H22BrN/c1-11-8-9-14(16)13(10-11)15(17)12-6-4-2-3-5-7-12/h8-10,12,15H,2-7,17H2,1H3. The number of halogens is 1. The number of hydrogen-bond donors (Lipinski definition) is 1. The lowest BCUT2D eigenvalue weighted by atomic mass is 9.87. The van der Waals surface area contributed by atoms with Crippen LogP contribution in [0.3, 0.4) is 0 Å². The Morgan fingerprint density at radius 2 is 1.82 bits per heavy atom. The van der Waals surface area contributed by atoms with E-state index in [1.807, 2.05) is 0 Å². The summed E-state index contributed by atoms with van der Waals surface area (Å²) in [7, 11) is 0. The van der Waals surface area contributed by atoms with Gasteiger partial charge in [-0.05, 0) is 37.3 Å². The molecule has 17 heavy (non-hydrogen) atoms. The van der Waals surface area contributed by atoms with Gasteiger partial charge in [-0.1, -0.05) is 59.3 Å². The van der Waals surface area contributed by atoms with Crippen molar-refractivity contribution in [1.29, 1.82) is 0 Å². The Bertz CT molecular complexity index is 367. The predicted molar refractivity (Wildman–Crippen MR) is 77.0 cm³/mol. The molecule has 2 rings (SSSR count). The molecule has 0 amide bonds. The van der Waals surface area contributed by atoms with Crippen molar-refractivity contribution in [3.05, 3.63) is 33.8 Å². The molecule has 1 nitrogen and oxygen atoms in total. The molecule has 0 bridgehead atoms. The van der Waals surface area contributed by atoms with Gasteiger partial charge in [0.15, 0.2) is 0 Å². The maximum absolute atomic E-state index is 6.48. The van der Waals surface area contributed by atoms with Gasteiger partial charge in [-0.2, -0.15) is 0 Å². The van der Waals surface area contributed by atoms with E-state index < -0.39 is 0 Å². The van der Waals surface area contributed by atoms with E-state index in [0.29, 0.717) is 5.92 Å². The fraction of sp³-hybridized carbons (Fsp3) is 0.600. The number of nitrogens with two attached hydrogens (primary N) is 1. The van der Waals surface area contributed by atoms with Crippen LogP contribution in [0.1, 0.15) is 55.7 Å². The topological polar surface area (TPSA) is 26.0 Å². The minimum Gasteiger partial charge on any atom is -0.324 e. The molecule has 1 aliphatic rings. The van der Waals surface area contributed by atoms with Crippen LogP contribution in [0.25, 0.3) is 0 Å². The molecule has 2 N–H and O–H groups in total. The summed E-state index contributed by atoms with van der Waals surface area (Å²) in [5, 5.41) is 0. The number of rotatable bonds is 2. The molecule has 0 spiro atoms. The Morgan fingerprint density at radius 1 is 1.18 bits per heavy atom. The highest BCUT2D eigenvalue weighted by Gasteiger charge is 2.22. The normalized spacial score (nSPS) is 19.9. The second-order valence-corrected chi connectivity index (χ2v) is 6.16. The highest BCUT2D eigenvalue weighted by Crippen LogP contribution is 2.35. The van der Waals surface area contributed by atoms with Crippen molar-refractivity contribution in [3.63, 3.8) is 0 Å². The van der Waals surface area contributed by atoms with Crippen LogP contribution in [0.4, 0.5) is 0 Å². The van der Waals surface area contributed by atoms with Crippen LogP contribution in [0.2, 0.25) is 0 Å². The molecule has 2 heteroatoms. The molecular weight excluding hydrogens is 274 g/mol. The van der Waals surface area contributed by atoms with Crippen LogP contribution < -0.4 is 5.73 Å². The van der Waals surface area contributed by atoms with E-state index in [-0.39, 0.29) is 6.04 Å². The third kappa shape index (κ3) is 3.32.